The molecular weight excluding hydrogens is 266 g/mol. The highest BCUT2D eigenvalue weighted by atomic mass is 16.7. The second-order valence-corrected chi connectivity index (χ2v) is 5.50. The Morgan fingerprint density at radius 1 is 1.00 bits per heavy atom. The van der Waals surface area contributed by atoms with Gasteiger partial charge in [-0.1, -0.05) is 30.3 Å². The van der Waals surface area contributed by atoms with Crippen LogP contribution in [0, 0.1) is 0 Å². The van der Waals surface area contributed by atoms with Crippen molar-refractivity contribution in [2.75, 3.05) is 0 Å². The second kappa shape index (κ2) is 4.90. The Morgan fingerprint density at radius 3 is 2.33 bits per heavy atom. The number of carbonyl (C=O) groups excluding carboxylic acids is 1. The zero-order valence-electron chi connectivity index (χ0n) is 12.1. The first kappa shape index (κ1) is 13.6. The molecule has 1 heterocycles. The maximum absolute atomic E-state index is 12.1. The predicted molar refractivity (Wildman–Crippen MR) is 79.9 cm³/mol. The van der Waals surface area contributed by atoms with Gasteiger partial charge in [0.2, 0.25) is 5.79 Å². The van der Waals surface area contributed by atoms with Crippen molar-refractivity contribution >= 4 is 5.97 Å². The average Bonchev–Trinajstić information content (AvgIpc) is 2.46. The number of ether oxygens (including phenoxy) is 2. The summed E-state index contributed by atoms with van der Waals surface area (Å²) in [6, 6.07) is 13.5. The first-order valence-electron chi connectivity index (χ1n) is 6.84. The van der Waals surface area contributed by atoms with Gasteiger partial charge in [0.1, 0.15) is 11.3 Å². The van der Waals surface area contributed by atoms with Crippen molar-refractivity contribution < 1.29 is 14.3 Å². The molecule has 0 aromatic heterocycles. The molecule has 1 aliphatic rings. The van der Waals surface area contributed by atoms with E-state index in [9.17, 15) is 4.79 Å². The summed E-state index contributed by atoms with van der Waals surface area (Å²) in [7, 11) is 0. The summed E-state index contributed by atoms with van der Waals surface area (Å²) in [4.78, 5) is 12.1. The Bertz CT molecular complexity index is 690. The van der Waals surface area contributed by atoms with Gasteiger partial charge in [0.15, 0.2) is 0 Å². The second-order valence-electron chi connectivity index (χ2n) is 5.50. The maximum atomic E-state index is 12.1. The highest BCUT2D eigenvalue weighted by Crippen LogP contribution is 2.34. The molecule has 0 spiro atoms. The highest BCUT2D eigenvalue weighted by Gasteiger charge is 2.33. The molecule has 0 bridgehead atoms. The SMILES string of the molecule is CC1(C)OC(=O)c2cc(-c3ccc(CN)cc3)ccc2O1. The molecule has 2 aromatic carbocycles. The topological polar surface area (TPSA) is 61.5 Å². The Morgan fingerprint density at radius 2 is 1.67 bits per heavy atom. The molecule has 2 aromatic rings. The summed E-state index contributed by atoms with van der Waals surface area (Å²) in [5.41, 5.74) is 9.08. The minimum Gasteiger partial charge on any atom is -0.452 e. The molecule has 108 valence electrons. The first-order valence-corrected chi connectivity index (χ1v) is 6.84. The van der Waals surface area contributed by atoms with Gasteiger partial charge in [-0.3, -0.25) is 0 Å². The Balaban J connectivity index is 1.99. The summed E-state index contributed by atoms with van der Waals surface area (Å²) in [5, 5.41) is 0. The predicted octanol–water partition coefficient (Wildman–Crippen LogP) is 3.10. The van der Waals surface area contributed by atoms with Crippen LogP contribution in [0.15, 0.2) is 42.5 Å². The van der Waals surface area contributed by atoms with Crippen molar-refractivity contribution in [3.63, 3.8) is 0 Å². The molecular formula is C17H17NO3. The van der Waals surface area contributed by atoms with Crippen molar-refractivity contribution in [3.8, 4) is 16.9 Å². The van der Waals surface area contributed by atoms with Crippen LogP contribution in [0.4, 0.5) is 0 Å². The lowest BCUT2D eigenvalue weighted by Gasteiger charge is -2.31. The van der Waals surface area contributed by atoms with Crippen LogP contribution in [0.25, 0.3) is 11.1 Å². The lowest BCUT2D eigenvalue weighted by molar-refractivity contribution is -0.127. The van der Waals surface area contributed by atoms with Crippen LogP contribution in [0.5, 0.6) is 5.75 Å². The highest BCUT2D eigenvalue weighted by molar-refractivity contribution is 5.95. The number of nitrogens with two attached hydrogens (primary N) is 1. The van der Waals surface area contributed by atoms with Gasteiger partial charge in [-0.15, -0.1) is 0 Å². The van der Waals surface area contributed by atoms with E-state index >= 15 is 0 Å². The molecule has 0 saturated heterocycles. The van der Waals surface area contributed by atoms with Gasteiger partial charge < -0.3 is 15.2 Å². The molecule has 21 heavy (non-hydrogen) atoms. The first-order chi connectivity index (χ1) is 9.98. The van der Waals surface area contributed by atoms with Crippen LogP contribution in [0.1, 0.15) is 29.8 Å². The third-order valence-electron chi connectivity index (χ3n) is 3.42. The molecule has 0 saturated carbocycles. The molecule has 0 unspecified atom stereocenters. The largest absolute Gasteiger partial charge is 0.452 e. The molecule has 0 aliphatic carbocycles. The lowest BCUT2D eigenvalue weighted by atomic mass is 10.0. The number of rotatable bonds is 2. The van der Waals surface area contributed by atoms with Crippen LogP contribution in [-0.2, 0) is 11.3 Å². The number of esters is 1. The van der Waals surface area contributed by atoms with Gasteiger partial charge in [-0.2, -0.15) is 0 Å². The normalized spacial score (nSPS) is 15.9. The fraction of sp³-hybridized carbons (Fsp3) is 0.235. The van der Waals surface area contributed by atoms with E-state index in [0.717, 1.165) is 16.7 Å². The summed E-state index contributed by atoms with van der Waals surface area (Å²) < 4.78 is 10.9. The van der Waals surface area contributed by atoms with Gasteiger partial charge in [0, 0.05) is 20.4 Å². The van der Waals surface area contributed by atoms with E-state index in [-0.39, 0.29) is 5.97 Å². The molecule has 0 fully saturated rings. The van der Waals surface area contributed by atoms with E-state index < -0.39 is 5.79 Å². The van der Waals surface area contributed by atoms with E-state index in [1.54, 1.807) is 19.9 Å². The molecule has 2 N–H and O–H groups in total. The molecule has 4 nitrogen and oxygen atoms in total. The third kappa shape index (κ3) is 2.62. The van der Waals surface area contributed by atoms with Gasteiger partial charge in [0.25, 0.3) is 0 Å². The van der Waals surface area contributed by atoms with Gasteiger partial charge >= 0.3 is 5.97 Å². The van der Waals surface area contributed by atoms with Crippen LogP contribution in [-0.4, -0.2) is 11.8 Å². The molecule has 4 heteroatoms. The summed E-state index contributed by atoms with van der Waals surface area (Å²) in [6.45, 7) is 3.94. The number of benzene rings is 2. The number of carbonyl (C=O) groups is 1. The fourth-order valence-corrected chi connectivity index (χ4v) is 2.36. The smallest absolute Gasteiger partial charge is 0.345 e. The van der Waals surface area contributed by atoms with E-state index in [1.807, 2.05) is 36.4 Å². The number of fused-ring (bicyclic) bond motifs is 1. The van der Waals surface area contributed by atoms with Crippen molar-refractivity contribution in [3.05, 3.63) is 53.6 Å². The molecule has 1 aliphatic heterocycles. The van der Waals surface area contributed by atoms with E-state index in [0.29, 0.717) is 17.9 Å². The summed E-state index contributed by atoms with van der Waals surface area (Å²) >= 11 is 0. The standard InChI is InChI=1S/C17H17NO3/c1-17(2)20-15-8-7-13(9-14(15)16(19)21-17)12-5-3-11(10-18)4-6-12/h3-9H,10,18H2,1-2H3. The van der Waals surface area contributed by atoms with Crippen LogP contribution < -0.4 is 10.5 Å². The van der Waals surface area contributed by atoms with Gasteiger partial charge in [-0.05, 0) is 28.8 Å². The molecule has 3 rings (SSSR count). The quantitative estimate of drug-likeness (QED) is 0.860. The van der Waals surface area contributed by atoms with E-state index in [1.165, 1.54) is 0 Å². The average molecular weight is 283 g/mol. The van der Waals surface area contributed by atoms with E-state index in [2.05, 4.69) is 0 Å². The zero-order chi connectivity index (χ0) is 15.0. The summed E-state index contributed by atoms with van der Waals surface area (Å²) in [5.74, 6) is -0.728. The third-order valence-corrected chi connectivity index (χ3v) is 3.42. The van der Waals surface area contributed by atoms with Crippen LogP contribution in [0.2, 0.25) is 0 Å². The maximum Gasteiger partial charge on any atom is 0.345 e. The van der Waals surface area contributed by atoms with Crippen molar-refractivity contribution in [1.29, 1.82) is 0 Å². The minimum absolute atomic E-state index is 0.360. The number of cyclic esters (lactones) is 1. The number of hydrogen-bond donors (Lipinski definition) is 1. The molecule has 0 atom stereocenters. The number of hydrogen-bond acceptors (Lipinski definition) is 4. The fourth-order valence-electron chi connectivity index (χ4n) is 2.36. The van der Waals surface area contributed by atoms with Crippen LogP contribution in [0.3, 0.4) is 0 Å². The van der Waals surface area contributed by atoms with E-state index in [4.69, 9.17) is 15.2 Å². The van der Waals surface area contributed by atoms with Gasteiger partial charge in [-0.25, -0.2) is 4.79 Å². The van der Waals surface area contributed by atoms with Crippen molar-refractivity contribution in [1.82, 2.24) is 0 Å². The lowest BCUT2D eigenvalue weighted by Crippen LogP contribution is -2.38. The molecule has 0 amide bonds. The Labute approximate surface area is 123 Å². The van der Waals surface area contributed by atoms with Crippen molar-refractivity contribution in [2.45, 2.75) is 26.2 Å². The Kier molecular flexibility index (Phi) is 3.18. The minimum atomic E-state index is -0.922. The zero-order valence-corrected chi connectivity index (χ0v) is 12.1. The molecule has 0 radical (unpaired) electrons. The van der Waals surface area contributed by atoms with Crippen molar-refractivity contribution in [2.24, 2.45) is 5.73 Å². The Hall–Kier alpha value is -2.33. The van der Waals surface area contributed by atoms with Gasteiger partial charge in [0.05, 0.1) is 0 Å². The monoisotopic (exact) mass is 283 g/mol. The van der Waals surface area contributed by atoms with Crippen LogP contribution >= 0.6 is 0 Å². The summed E-state index contributed by atoms with van der Waals surface area (Å²) in [6.07, 6.45) is 0.